The van der Waals surface area contributed by atoms with Crippen molar-refractivity contribution in [1.82, 2.24) is 0 Å². The molecule has 134 valence electrons. The van der Waals surface area contributed by atoms with Crippen molar-refractivity contribution in [3.8, 4) is 11.5 Å². The fraction of sp³-hybridized carbons (Fsp3) is 0.0455. The van der Waals surface area contributed by atoms with Crippen molar-refractivity contribution in [2.75, 3.05) is 0 Å². The second-order valence-electron chi connectivity index (χ2n) is 6.07. The highest BCUT2D eigenvalue weighted by molar-refractivity contribution is 6.31. The number of carbonyl (C=O) groups is 1. The second kappa shape index (κ2) is 7.47. The molecule has 0 bridgehead atoms. The van der Waals surface area contributed by atoms with E-state index in [0.29, 0.717) is 33.7 Å². The van der Waals surface area contributed by atoms with Crippen LogP contribution in [-0.2, 0) is 6.61 Å². The molecule has 1 aliphatic rings. The van der Waals surface area contributed by atoms with E-state index in [0.717, 1.165) is 11.1 Å². The van der Waals surface area contributed by atoms with Crippen molar-refractivity contribution in [3.63, 3.8) is 0 Å². The quantitative estimate of drug-likeness (QED) is 0.493. The van der Waals surface area contributed by atoms with Gasteiger partial charge in [0, 0.05) is 16.1 Å². The van der Waals surface area contributed by atoms with Crippen LogP contribution in [0, 0.1) is 0 Å². The molecule has 0 amide bonds. The van der Waals surface area contributed by atoms with E-state index in [9.17, 15) is 4.79 Å². The third-order valence-corrected chi connectivity index (χ3v) is 4.55. The van der Waals surface area contributed by atoms with E-state index in [4.69, 9.17) is 32.7 Å². The molecular formula is C22H14Cl2O3. The van der Waals surface area contributed by atoms with Crippen LogP contribution in [0.4, 0.5) is 0 Å². The molecule has 0 saturated carbocycles. The first-order valence-corrected chi connectivity index (χ1v) is 9.05. The van der Waals surface area contributed by atoms with E-state index < -0.39 is 0 Å². The van der Waals surface area contributed by atoms with Crippen LogP contribution in [0.5, 0.6) is 11.5 Å². The van der Waals surface area contributed by atoms with Crippen LogP contribution < -0.4 is 9.47 Å². The molecule has 0 aliphatic carbocycles. The summed E-state index contributed by atoms with van der Waals surface area (Å²) in [7, 11) is 0. The Kier molecular flexibility index (Phi) is 4.88. The molecule has 4 rings (SSSR count). The van der Waals surface area contributed by atoms with Gasteiger partial charge in [-0.3, -0.25) is 4.79 Å². The summed E-state index contributed by atoms with van der Waals surface area (Å²) >= 11 is 12.0. The molecule has 0 fully saturated rings. The minimum absolute atomic E-state index is 0.161. The molecule has 0 radical (unpaired) electrons. The van der Waals surface area contributed by atoms with Gasteiger partial charge in [-0.2, -0.15) is 0 Å². The predicted molar refractivity (Wildman–Crippen MR) is 107 cm³/mol. The Bertz CT molecular complexity index is 1060. The summed E-state index contributed by atoms with van der Waals surface area (Å²) in [6.07, 6.45) is 1.68. The van der Waals surface area contributed by atoms with Crippen molar-refractivity contribution in [1.29, 1.82) is 0 Å². The van der Waals surface area contributed by atoms with Crippen LogP contribution in [0.2, 0.25) is 10.0 Å². The molecular weight excluding hydrogens is 383 g/mol. The summed E-state index contributed by atoms with van der Waals surface area (Å²) in [5, 5.41) is 1.26. The maximum absolute atomic E-state index is 12.5. The number of halogens is 2. The van der Waals surface area contributed by atoms with Crippen LogP contribution in [0.1, 0.15) is 21.5 Å². The maximum Gasteiger partial charge on any atom is 0.231 e. The number of allylic oxidation sites excluding steroid dienone is 1. The number of rotatable bonds is 4. The number of ketones is 1. The molecule has 0 aromatic heterocycles. The molecule has 5 heteroatoms. The first-order valence-electron chi connectivity index (χ1n) is 8.29. The first-order chi connectivity index (χ1) is 13.1. The molecule has 3 aromatic rings. The molecule has 3 aromatic carbocycles. The third-order valence-electron chi connectivity index (χ3n) is 4.08. The molecule has 1 heterocycles. The highest BCUT2D eigenvalue weighted by Gasteiger charge is 2.27. The average molecular weight is 397 g/mol. The van der Waals surface area contributed by atoms with E-state index in [1.807, 2.05) is 36.4 Å². The normalized spacial score (nSPS) is 14.1. The van der Waals surface area contributed by atoms with Gasteiger partial charge in [-0.1, -0.05) is 47.5 Å². The summed E-state index contributed by atoms with van der Waals surface area (Å²) in [6, 6.07) is 19.9. The molecule has 3 nitrogen and oxygen atoms in total. The number of hydrogen-bond acceptors (Lipinski definition) is 3. The lowest BCUT2D eigenvalue weighted by atomic mass is 10.1. The standard InChI is InChI=1S/C22H14Cl2O3/c23-16-5-1-3-14(9-16)11-21-22(25)19-8-7-18(12-20(19)27-21)26-13-15-4-2-6-17(24)10-15/h1-12H,13H2/b21-11-. The number of benzene rings is 3. The van der Waals surface area contributed by atoms with E-state index in [2.05, 4.69) is 0 Å². The Morgan fingerprint density at radius 3 is 2.48 bits per heavy atom. The van der Waals surface area contributed by atoms with Gasteiger partial charge in [0.25, 0.3) is 0 Å². The Morgan fingerprint density at radius 2 is 1.70 bits per heavy atom. The molecule has 0 saturated heterocycles. The second-order valence-corrected chi connectivity index (χ2v) is 6.94. The highest BCUT2D eigenvalue weighted by atomic mass is 35.5. The van der Waals surface area contributed by atoms with Gasteiger partial charge in [0.05, 0.1) is 5.56 Å². The van der Waals surface area contributed by atoms with E-state index in [1.54, 1.807) is 36.4 Å². The van der Waals surface area contributed by atoms with Gasteiger partial charge in [-0.15, -0.1) is 0 Å². The zero-order chi connectivity index (χ0) is 18.8. The van der Waals surface area contributed by atoms with Crippen LogP contribution in [0.25, 0.3) is 6.08 Å². The minimum Gasteiger partial charge on any atom is -0.489 e. The zero-order valence-electron chi connectivity index (χ0n) is 14.1. The third kappa shape index (κ3) is 4.00. The summed E-state index contributed by atoms with van der Waals surface area (Å²) in [6.45, 7) is 0.374. The van der Waals surface area contributed by atoms with Crippen molar-refractivity contribution in [3.05, 3.63) is 99.2 Å². The van der Waals surface area contributed by atoms with Crippen LogP contribution >= 0.6 is 23.2 Å². The number of carbonyl (C=O) groups excluding carboxylic acids is 1. The topological polar surface area (TPSA) is 35.5 Å². The maximum atomic E-state index is 12.5. The van der Waals surface area contributed by atoms with E-state index >= 15 is 0 Å². The Balaban J connectivity index is 1.52. The Morgan fingerprint density at radius 1 is 0.926 bits per heavy atom. The van der Waals surface area contributed by atoms with Gasteiger partial charge in [0.1, 0.15) is 18.1 Å². The summed E-state index contributed by atoms with van der Waals surface area (Å²) in [5.41, 5.74) is 2.27. The number of fused-ring (bicyclic) bond motifs is 1. The van der Waals surface area contributed by atoms with Crippen molar-refractivity contribution in [2.24, 2.45) is 0 Å². The summed E-state index contributed by atoms with van der Waals surface area (Å²) in [5.74, 6) is 1.20. The van der Waals surface area contributed by atoms with E-state index in [-0.39, 0.29) is 11.5 Å². The monoisotopic (exact) mass is 396 g/mol. The van der Waals surface area contributed by atoms with Gasteiger partial charge in [0.15, 0.2) is 5.76 Å². The lowest BCUT2D eigenvalue weighted by Crippen LogP contribution is -1.98. The first kappa shape index (κ1) is 17.7. The number of hydrogen-bond donors (Lipinski definition) is 0. The zero-order valence-corrected chi connectivity index (χ0v) is 15.6. The molecule has 0 atom stereocenters. The molecule has 0 spiro atoms. The van der Waals surface area contributed by atoms with Crippen molar-refractivity contribution in [2.45, 2.75) is 6.61 Å². The van der Waals surface area contributed by atoms with Gasteiger partial charge >= 0.3 is 0 Å². The average Bonchev–Trinajstić information content (AvgIpc) is 2.95. The predicted octanol–water partition coefficient (Wildman–Crippen LogP) is 6.19. The van der Waals surface area contributed by atoms with Gasteiger partial charge in [0.2, 0.25) is 5.78 Å². The number of Topliss-reactive ketones (excluding diaryl/α,β-unsaturated/α-hetero) is 1. The van der Waals surface area contributed by atoms with Gasteiger partial charge in [-0.25, -0.2) is 0 Å². The van der Waals surface area contributed by atoms with Gasteiger partial charge in [-0.05, 0) is 53.6 Å². The number of ether oxygens (including phenoxy) is 2. The fourth-order valence-corrected chi connectivity index (χ4v) is 3.21. The van der Waals surface area contributed by atoms with Crippen LogP contribution in [-0.4, -0.2) is 5.78 Å². The lowest BCUT2D eigenvalue weighted by molar-refractivity contribution is 0.101. The smallest absolute Gasteiger partial charge is 0.231 e. The van der Waals surface area contributed by atoms with Gasteiger partial charge < -0.3 is 9.47 Å². The molecule has 0 N–H and O–H groups in total. The van der Waals surface area contributed by atoms with Crippen molar-refractivity contribution < 1.29 is 14.3 Å². The largest absolute Gasteiger partial charge is 0.489 e. The fourth-order valence-electron chi connectivity index (χ4n) is 2.80. The molecule has 27 heavy (non-hydrogen) atoms. The highest BCUT2D eigenvalue weighted by Crippen LogP contribution is 2.35. The van der Waals surface area contributed by atoms with Crippen LogP contribution in [0.15, 0.2) is 72.5 Å². The summed E-state index contributed by atoms with van der Waals surface area (Å²) < 4.78 is 11.5. The van der Waals surface area contributed by atoms with Crippen LogP contribution in [0.3, 0.4) is 0 Å². The summed E-state index contributed by atoms with van der Waals surface area (Å²) in [4.78, 5) is 12.5. The lowest BCUT2D eigenvalue weighted by Gasteiger charge is -2.07. The Labute approximate surface area is 166 Å². The SMILES string of the molecule is O=C1/C(=C/c2cccc(Cl)c2)Oc2cc(OCc3cccc(Cl)c3)ccc21. The molecule has 1 aliphatic heterocycles. The van der Waals surface area contributed by atoms with E-state index in [1.165, 1.54) is 0 Å². The molecule has 0 unspecified atom stereocenters. The van der Waals surface area contributed by atoms with Crippen molar-refractivity contribution >= 4 is 35.1 Å². The Hall–Kier alpha value is -2.75. The minimum atomic E-state index is -0.161.